The number of carbonyl (C=O) groups is 1. The van der Waals surface area contributed by atoms with Crippen LogP contribution in [0.1, 0.15) is 34.1 Å². The van der Waals surface area contributed by atoms with E-state index in [9.17, 15) is 4.79 Å². The van der Waals surface area contributed by atoms with Crippen LogP contribution in [-0.4, -0.2) is 28.9 Å². The van der Waals surface area contributed by atoms with Gasteiger partial charge in [-0.15, -0.1) is 11.3 Å². The Kier molecular flexibility index (Phi) is 4.67. The maximum atomic E-state index is 12.7. The lowest BCUT2D eigenvalue weighted by Gasteiger charge is -2.31. The van der Waals surface area contributed by atoms with Gasteiger partial charge in [0.05, 0.1) is 25.8 Å². The Bertz CT molecular complexity index is 932. The van der Waals surface area contributed by atoms with Gasteiger partial charge in [0.2, 0.25) is 0 Å². The molecule has 1 aliphatic rings. The van der Waals surface area contributed by atoms with Crippen molar-refractivity contribution in [2.24, 2.45) is 0 Å². The zero-order chi connectivity index (χ0) is 17.4. The van der Waals surface area contributed by atoms with Gasteiger partial charge >= 0.3 is 0 Å². The minimum Gasteiger partial charge on any atom is -0.339 e. The molecule has 2 heterocycles. The van der Waals surface area contributed by atoms with Crippen molar-refractivity contribution >= 4 is 50.7 Å². The summed E-state index contributed by atoms with van der Waals surface area (Å²) < 4.78 is 1.16. The van der Waals surface area contributed by atoms with Crippen LogP contribution in [0.15, 0.2) is 42.5 Å². The third-order valence-electron chi connectivity index (χ3n) is 4.60. The Morgan fingerprint density at radius 2 is 1.88 bits per heavy atom. The minimum absolute atomic E-state index is 0.0140. The van der Waals surface area contributed by atoms with Gasteiger partial charge in [-0.1, -0.05) is 35.3 Å². The van der Waals surface area contributed by atoms with Crippen molar-refractivity contribution < 1.29 is 4.79 Å². The number of fused-ring (bicyclic) bond motifs is 1. The van der Waals surface area contributed by atoms with Crippen molar-refractivity contribution in [1.82, 2.24) is 9.88 Å². The Balaban J connectivity index is 1.47. The second-order valence-electron chi connectivity index (χ2n) is 6.21. The molecule has 1 fully saturated rings. The van der Waals surface area contributed by atoms with Gasteiger partial charge in [-0.25, -0.2) is 4.98 Å². The number of nitrogens with zero attached hydrogens (tertiary/aromatic N) is 2. The number of likely N-dealkylation sites (tertiary alicyclic amines) is 1. The Hall–Kier alpha value is -1.62. The lowest BCUT2D eigenvalue weighted by Crippen LogP contribution is -2.38. The Labute approximate surface area is 160 Å². The first kappa shape index (κ1) is 16.8. The molecule has 3 nitrogen and oxygen atoms in total. The van der Waals surface area contributed by atoms with Gasteiger partial charge in [0, 0.05) is 24.0 Å². The summed E-state index contributed by atoms with van der Waals surface area (Å²) in [5.41, 5.74) is 1.54. The van der Waals surface area contributed by atoms with E-state index in [1.807, 2.05) is 35.2 Å². The number of carbonyl (C=O) groups excluding carboxylic acids is 1. The van der Waals surface area contributed by atoms with Crippen LogP contribution in [0.3, 0.4) is 0 Å². The molecule has 0 radical (unpaired) electrons. The van der Waals surface area contributed by atoms with Crippen LogP contribution in [0.5, 0.6) is 0 Å². The summed E-state index contributed by atoms with van der Waals surface area (Å²) in [7, 11) is 0. The maximum absolute atomic E-state index is 12.7. The fourth-order valence-corrected chi connectivity index (χ4v) is 4.73. The largest absolute Gasteiger partial charge is 0.339 e. The van der Waals surface area contributed by atoms with Gasteiger partial charge in [-0.05, 0) is 43.2 Å². The molecule has 6 heteroatoms. The highest BCUT2D eigenvalue weighted by Gasteiger charge is 2.27. The molecule has 0 unspecified atom stereocenters. The molecule has 1 aliphatic heterocycles. The van der Waals surface area contributed by atoms with E-state index in [1.54, 1.807) is 23.5 Å². The smallest absolute Gasteiger partial charge is 0.255 e. The lowest BCUT2D eigenvalue weighted by molar-refractivity contribution is 0.0713. The molecule has 1 saturated heterocycles. The third-order valence-corrected chi connectivity index (χ3v) is 6.37. The van der Waals surface area contributed by atoms with E-state index in [4.69, 9.17) is 28.2 Å². The van der Waals surface area contributed by atoms with E-state index in [-0.39, 0.29) is 5.91 Å². The number of thiazole rings is 1. The van der Waals surface area contributed by atoms with Crippen LogP contribution < -0.4 is 0 Å². The van der Waals surface area contributed by atoms with E-state index >= 15 is 0 Å². The van der Waals surface area contributed by atoms with E-state index in [2.05, 4.69) is 0 Å². The standard InChI is InChI=1S/C19H16Cl2N2OS/c20-13-5-6-17-16(11-13)22-18(25-17)12-7-9-23(10-8-12)19(24)14-3-1-2-4-15(14)21/h1-6,11-12H,7-10H2. The number of rotatable bonds is 2. The fourth-order valence-electron chi connectivity index (χ4n) is 3.23. The summed E-state index contributed by atoms with van der Waals surface area (Å²) in [5, 5.41) is 2.37. The van der Waals surface area contributed by atoms with Gasteiger partial charge in [-0.3, -0.25) is 4.79 Å². The van der Waals surface area contributed by atoms with Crippen molar-refractivity contribution in [2.45, 2.75) is 18.8 Å². The number of piperidine rings is 1. The average Bonchev–Trinajstić information content (AvgIpc) is 3.05. The minimum atomic E-state index is 0.0140. The van der Waals surface area contributed by atoms with Crippen molar-refractivity contribution in [3.8, 4) is 0 Å². The summed E-state index contributed by atoms with van der Waals surface area (Å²) in [6.45, 7) is 1.46. The molecule has 0 aliphatic carbocycles. The fraction of sp³-hybridized carbons (Fsp3) is 0.263. The molecule has 1 amide bonds. The zero-order valence-corrected chi connectivity index (χ0v) is 15.7. The number of benzene rings is 2. The van der Waals surface area contributed by atoms with Crippen LogP contribution in [0.25, 0.3) is 10.2 Å². The highest BCUT2D eigenvalue weighted by atomic mass is 35.5. The quantitative estimate of drug-likeness (QED) is 0.568. The van der Waals surface area contributed by atoms with Crippen LogP contribution in [-0.2, 0) is 0 Å². The second-order valence-corrected chi connectivity index (χ2v) is 8.12. The highest BCUT2D eigenvalue weighted by Crippen LogP contribution is 2.35. The van der Waals surface area contributed by atoms with Gasteiger partial charge in [0.25, 0.3) is 5.91 Å². The van der Waals surface area contributed by atoms with Gasteiger partial charge in [-0.2, -0.15) is 0 Å². The first-order chi connectivity index (χ1) is 12.1. The van der Waals surface area contributed by atoms with Crippen LogP contribution >= 0.6 is 34.5 Å². The molecule has 25 heavy (non-hydrogen) atoms. The molecule has 0 saturated carbocycles. The molecule has 1 aromatic heterocycles. The molecule has 4 rings (SSSR count). The summed E-state index contributed by atoms with van der Waals surface area (Å²) in [4.78, 5) is 19.3. The van der Waals surface area contributed by atoms with Crippen molar-refractivity contribution in [2.75, 3.05) is 13.1 Å². The topological polar surface area (TPSA) is 33.2 Å². The maximum Gasteiger partial charge on any atom is 0.255 e. The summed E-state index contributed by atoms with van der Waals surface area (Å²) in [6, 6.07) is 13.1. The summed E-state index contributed by atoms with van der Waals surface area (Å²) >= 11 is 13.9. The third kappa shape index (κ3) is 3.39. The monoisotopic (exact) mass is 390 g/mol. The molecule has 3 aromatic rings. The van der Waals surface area contributed by atoms with Crippen LogP contribution in [0.2, 0.25) is 10.0 Å². The predicted octanol–water partition coefficient (Wildman–Crippen LogP) is 5.62. The molecule has 128 valence electrons. The van der Waals surface area contributed by atoms with Crippen LogP contribution in [0.4, 0.5) is 0 Å². The van der Waals surface area contributed by atoms with Gasteiger partial charge < -0.3 is 4.90 Å². The van der Waals surface area contributed by atoms with Crippen molar-refractivity contribution in [3.05, 3.63) is 63.1 Å². The summed E-state index contributed by atoms with van der Waals surface area (Å²) in [6.07, 6.45) is 1.84. The Morgan fingerprint density at radius 1 is 1.12 bits per heavy atom. The lowest BCUT2D eigenvalue weighted by atomic mass is 9.97. The average molecular weight is 391 g/mol. The molecule has 0 spiro atoms. The van der Waals surface area contributed by atoms with E-state index in [1.165, 1.54) is 0 Å². The molecule has 2 aromatic carbocycles. The predicted molar refractivity (Wildman–Crippen MR) is 104 cm³/mol. The number of aromatic nitrogens is 1. The Morgan fingerprint density at radius 3 is 2.64 bits per heavy atom. The first-order valence-electron chi connectivity index (χ1n) is 8.21. The molecule has 0 atom stereocenters. The van der Waals surface area contributed by atoms with Crippen molar-refractivity contribution in [3.63, 3.8) is 0 Å². The van der Waals surface area contributed by atoms with Crippen LogP contribution in [0, 0.1) is 0 Å². The SMILES string of the molecule is O=C(c1ccccc1Cl)N1CCC(c2nc3cc(Cl)ccc3s2)CC1. The number of hydrogen-bond acceptors (Lipinski definition) is 3. The second kappa shape index (κ2) is 6.94. The number of halogens is 2. The number of amides is 1. The van der Waals surface area contributed by atoms with Gasteiger partial charge in [0.15, 0.2) is 0 Å². The molecule has 0 bridgehead atoms. The molecular weight excluding hydrogens is 375 g/mol. The van der Waals surface area contributed by atoms with Gasteiger partial charge in [0.1, 0.15) is 0 Å². The molecule has 0 N–H and O–H groups in total. The summed E-state index contributed by atoms with van der Waals surface area (Å²) in [5.74, 6) is 0.409. The first-order valence-corrected chi connectivity index (χ1v) is 9.79. The van der Waals surface area contributed by atoms with E-state index < -0.39 is 0 Å². The normalized spacial score (nSPS) is 15.7. The highest BCUT2D eigenvalue weighted by molar-refractivity contribution is 7.18. The van der Waals surface area contributed by atoms with E-state index in [0.717, 1.165) is 41.2 Å². The van der Waals surface area contributed by atoms with E-state index in [0.29, 0.717) is 21.5 Å². The number of hydrogen-bond donors (Lipinski definition) is 0. The zero-order valence-electron chi connectivity index (χ0n) is 13.4. The molecular formula is C19H16Cl2N2OS. The van der Waals surface area contributed by atoms with Crippen molar-refractivity contribution in [1.29, 1.82) is 0 Å².